The first-order valence-corrected chi connectivity index (χ1v) is 6.37. The molecule has 2 rings (SSSR count). The predicted octanol–water partition coefficient (Wildman–Crippen LogP) is 1.51. The molecule has 0 aliphatic heterocycles. The molecule has 0 radical (unpaired) electrons. The molecule has 0 saturated carbocycles. The van der Waals surface area contributed by atoms with Crippen LogP contribution in [0, 0.1) is 5.92 Å². The van der Waals surface area contributed by atoms with Gasteiger partial charge >= 0.3 is 0 Å². The predicted molar refractivity (Wildman–Crippen MR) is 71.3 cm³/mol. The fourth-order valence-corrected chi connectivity index (χ4v) is 1.59. The minimum absolute atomic E-state index is 0.183. The monoisotopic (exact) mass is 262 g/mol. The molecular weight excluding hydrogens is 244 g/mol. The van der Waals surface area contributed by atoms with E-state index in [0.29, 0.717) is 36.3 Å². The van der Waals surface area contributed by atoms with E-state index < -0.39 is 0 Å². The first-order valence-electron chi connectivity index (χ1n) is 6.37. The van der Waals surface area contributed by atoms with Crippen LogP contribution < -0.4 is 10.1 Å². The van der Waals surface area contributed by atoms with Crippen LogP contribution in [0.5, 0.6) is 5.88 Å². The van der Waals surface area contributed by atoms with E-state index >= 15 is 0 Å². The number of imidazole rings is 1. The van der Waals surface area contributed by atoms with Gasteiger partial charge in [-0.1, -0.05) is 13.8 Å². The van der Waals surface area contributed by atoms with Crippen molar-refractivity contribution in [3.8, 4) is 5.88 Å². The molecule has 102 valence electrons. The molecule has 0 saturated heterocycles. The van der Waals surface area contributed by atoms with Crippen LogP contribution >= 0.6 is 0 Å². The van der Waals surface area contributed by atoms with Gasteiger partial charge < -0.3 is 10.1 Å². The second-order valence-corrected chi connectivity index (χ2v) is 4.64. The van der Waals surface area contributed by atoms with E-state index in [1.807, 2.05) is 20.8 Å². The smallest absolute Gasteiger partial charge is 0.271 e. The third-order valence-electron chi connectivity index (χ3n) is 2.49. The molecule has 1 N–H and O–H groups in total. The molecule has 0 unspecified atom stereocenters. The molecule has 0 aromatic carbocycles. The number of carbonyl (C=O) groups excluding carboxylic acids is 1. The first kappa shape index (κ1) is 13.3. The summed E-state index contributed by atoms with van der Waals surface area (Å²) in [5, 5.41) is 7.04. The molecule has 0 fully saturated rings. The number of rotatable bonds is 5. The van der Waals surface area contributed by atoms with Crippen molar-refractivity contribution in [3.05, 3.63) is 24.0 Å². The van der Waals surface area contributed by atoms with Gasteiger partial charge in [0.25, 0.3) is 5.91 Å². The standard InChI is InChI=1S/C13H18N4O2/c1-4-19-12-6-5-11-15-10(8-17(11)16-12)13(18)14-7-9(2)3/h5-6,8-9H,4,7H2,1-3H3,(H,14,18). The SMILES string of the molecule is CCOc1ccc2nc(C(=O)NCC(C)C)cn2n1. The number of nitrogens with zero attached hydrogens (tertiary/aromatic N) is 3. The molecule has 0 spiro atoms. The number of nitrogens with one attached hydrogen (secondary N) is 1. The molecule has 1 amide bonds. The van der Waals surface area contributed by atoms with Gasteiger partial charge in [-0.15, -0.1) is 5.10 Å². The minimum atomic E-state index is -0.183. The van der Waals surface area contributed by atoms with E-state index in [-0.39, 0.29) is 5.91 Å². The zero-order valence-corrected chi connectivity index (χ0v) is 11.4. The topological polar surface area (TPSA) is 68.5 Å². The molecule has 0 aliphatic carbocycles. The number of ether oxygens (including phenoxy) is 1. The van der Waals surface area contributed by atoms with E-state index in [9.17, 15) is 4.79 Å². The molecule has 2 aromatic rings. The fraction of sp³-hybridized carbons (Fsp3) is 0.462. The van der Waals surface area contributed by atoms with Crippen molar-refractivity contribution in [1.82, 2.24) is 19.9 Å². The van der Waals surface area contributed by atoms with Crippen LogP contribution in [0.3, 0.4) is 0 Å². The molecule has 6 heteroatoms. The Morgan fingerprint density at radius 3 is 2.95 bits per heavy atom. The molecule has 19 heavy (non-hydrogen) atoms. The fourth-order valence-electron chi connectivity index (χ4n) is 1.59. The lowest BCUT2D eigenvalue weighted by atomic mass is 10.2. The van der Waals surface area contributed by atoms with Crippen LogP contribution in [-0.2, 0) is 0 Å². The maximum atomic E-state index is 11.9. The quantitative estimate of drug-likeness (QED) is 0.887. The lowest BCUT2D eigenvalue weighted by molar-refractivity contribution is 0.0944. The minimum Gasteiger partial charge on any atom is -0.477 e. The summed E-state index contributed by atoms with van der Waals surface area (Å²) >= 11 is 0. The summed E-state index contributed by atoms with van der Waals surface area (Å²) in [5.41, 5.74) is 0.986. The summed E-state index contributed by atoms with van der Waals surface area (Å²) < 4.78 is 6.85. The van der Waals surface area contributed by atoms with Crippen molar-refractivity contribution >= 4 is 11.6 Å². The molecular formula is C13H18N4O2. The van der Waals surface area contributed by atoms with Gasteiger partial charge in [0.1, 0.15) is 5.69 Å². The summed E-state index contributed by atoms with van der Waals surface area (Å²) in [6.45, 7) is 7.16. The second-order valence-electron chi connectivity index (χ2n) is 4.64. The Balaban J connectivity index is 2.18. The Hall–Kier alpha value is -2.11. The van der Waals surface area contributed by atoms with Gasteiger partial charge in [-0.3, -0.25) is 4.79 Å². The molecule has 0 aliphatic rings. The Bertz CT molecular complexity index is 577. The van der Waals surface area contributed by atoms with Gasteiger partial charge in [0.15, 0.2) is 5.65 Å². The van der Waals surface area contributed by atoms with Crippen molar-refractivity contribution < 1.29 is 9.53 Å². The zero-order chi connectivity index (χ0) is 13.8. The number of hydrogen-bond acceptors (Lipinski definition) is 4. The van der Waals surface area contributed by atoms with Gasteiger partial charge in [0.2, 0.25) is 5.88 Å². The van der Waals surface area contributed by atoms with Crippen LogP contribution in [0.4, 0.5) is 0 Å². The van der Waals surface area contributed by atoms with E-state index in [1.54, 1.807) is 22.8 Å². The summed E-state index contributed by atoms with van der Waals surface area (Å²) in [4.78, 5) is 16.1. The van der Waals surface area contributed by atoms with Crippen LogP contribution in [0.15, 0.2) is 18.3 Å². The summed E-state index contributed by atoms with van der Waals surface area (Å²) in [7, 11) is 0. The van der Waals surface area contributed by atoms with E-state index in [0.717, 1.165) is 0 Å². The first-order chi connectivity index (χ1) is 9.10. The van der Waals surface area contributed by atoms with Crippen molar-refractivity contribution in [1.29, 1.82) is 0 Å². The lowest BCUT2D eigenvalue weighted by Gasteiger charge is -2.04. The van der Waals surface area contributed by atoms with E-state index in [1.165, 1.54) is 0 Å². The molecule has 2 heterocycles. The Morgan fingerprint density at radius 1 is 1.47 bits per heavy atom. The number of hydrogen-bond donors (Lipinski definition) is 1. The lowest BCUT2D eigenvalue weighted by Crippen LogP contribution is -2.27. The number of carbonyl (C=O) groups is 1. The molecule has 0 atom stereocenters. The Morgan fingerprint density at radius 2 is 2.26 bits per heavy atom. The highest BCUT2D eigenvalue weighted by molar-refractivity contribution is 5.92. The van der Waals surface area contributed by atoms with E-state index in [4.69, 9.17) is 4.74 Å². The van der Waals surface area contributed by atoms with Gasteiger partial charge in [-0.25, -0.2) is 9.50 Å². The maximum absolute atomic E-state index is 11.9. The average Bonchev–Trinajstić information content (AvgIpc) is 2.79. The third-order valence-corrected chi connectivity index (χ3v) is 2.49. The summed E-state index contributed by atoms with van der Waals surface area (Å²) in [6.07, 6.45) is 1.60. The van der Waals surface area contributed by atoms with Gasteiger partial charge in [-0.2, -0.15) is 0 Å². The largest absolute Gasteiger partial charge is 0.477 e. The Kier molecular flexibility index (Phi) is 3.99. The Labute approximate surface area is 111 Å². The number of aromatic nitrogens is 3. The van der Waals surface area contributed by atoms with E-state index in [2.05, 4.69) is 15.4 Å². The van der Waals surface area contributed by atoms with Crippen LogP contribution in [0.25, 0.3) is 5.65 Å². The van der Waals surface area contributed by atoms with Gasteiger partial charge in [-0.05, 0) is 18.9 Å². The number of amides is 1. The average molecular weight is 262 g/mol. The normalized spacial score (nSPS) is 10.9. The van der Waals surface area contributed by atoms with Gasteiger partial charge in [0, 0.05) is 12.6 Å². The maximum Gasteiger partial charge on any atom is 0.271 e. The number of fused-ring (bicyclic) bond motifs is 1. The molecule has 6 nitrogen and oxygen atoms in total. The second kappa shape index (κ2) is 5.69. The van der Waals surface area contributed by atoms with Crippen LogP contribution in [0.2, 0.25) is 0 Å². The highest BCUT2D eigenvalue weighted by atomic mass is 16.5. The van der Waals surface area contributed by atoms with Crippen molar-refractivity contribution in [2.45, 2.75) is 20.8 Å². The van der Waals surface area contributed by atoms with Crippen molar-refractivity contribution in [2.75, 3.05) is 13.2 Å². The van der Waals surface area contributed by atoms with Crippen molar-refractivity contribution in [2.24, 2.45) is 5.92 Å². The van der Waals surface area contributed by atoms with Gasteiger partial charge in [0.05, 0.1) is 12.8 Å². The van der Waals surface area contributed by atoms with Crippen LogP contribution in [0.1, 0.15) is 31.3 Å². The summed E-state index contributed by atoms with van der Waals surface area (Å²) in [6, 6.07) is 3.51. The zero-order valence-electron chi connectivity index (χ0n) is 11.4. The highest BCUT2D eigenvalue weighted by Gasteiger charge is 2.11. The van der Waals surface area contributed by atoms with Crippen LogP contribution in [-0.4, -0.2) is 33.7 Å². The third kappa shape index (κ3) is 3.21. The van der Waals surface area contributed by atoms with Crippen molar-refractivity contribution in [3.63, 3.8) is 0 Å². The molecule has 0 bridgehead atoms. The molecule has 2 aromatic heterocycles. The highest BCUT2D eigenvalue weighted by Crippen LogP contribution is 2.09. The summed E-state index contributed by atoms with van der Waals surface area (Å²) in [5.74, 6) is 0.738.